The topological polar surface area (TPSA) is 87.7 Å². The lowest BCUT2D eigenvalue weighted by atomic mass is 10.1. The summed E-state index contributed by atoms with van der Waals surface area (Å²) in [5.74, 6) is -1.57. The van der Waals surface area contributed by atoms with Gasteiger partial charge < -0.3 is 14.6 Å². The molecule has 2 N–H and O–H groups in total. The smallest absolute Gasteiger partial charge is 0.303 e. The molecule has 0 radical (unpaired) electrons. The summed E-state index contributed by atoms with van der Waals surface area (Å²) in [5.41, 5.74) is 1.94. The highest BCUT2D eigenvalue weighted by molar-refractivity contribution is 5.67. The first-order valence-corrected chi connectivity index (χ1v) is 6.29. The Bertz CT molecular complexity index is 425. The Hall–Kier alpha value is -2.04. The summed E-state index contributed by atoms with van der Waals surface area (Å²) >= 11 is 0. The number of carbonyl (C=O) groups is 2. The SMILES string of the molecule is O=C(O)CCCCCCC(=O)O.c1cc2ccc1o2. The van der Waals surface area contributed by atoms with Crippen molar-refractivity contribution >= 4 is 23.1 Å². The molecule has 2 heterocycles. The van der Waals surface area contributed by atoms with Crippen LogP contribution in [0.5, 0.6) is 0 Å². The van der Waals surface area contributed by atoms with Gasteiger partial charge in [0.25, 0.3) is 0 Å². The monoisotopic (exact) mass is 266 g/mol. The van der Waals surface area contributed by atoms with Gasteiger partial charge in [0.2, 0.25) is 0 Å². The molecule has 5 heteroatoms. The summed E-state index contributed by atoms with van der Waals surface area (Å²) in [6.07, 6.45) is 3.28. The van der Waals surface area contributed by atoms with Gasteiger partial charge in [-0.25, -0.2) is 0 Å². The molecule has 2 rings (SSSR count). The predicted octanol–water partition coefficient (Wildman–Crippen LogP) is 3.37. The van der Waals surface area contributed by atoms with Gasteiger partial charge in [0, 0.05) is 12.8 Å². The van der Waals surface area contributed by atoms with Gasteiger partial charge in [-0.2, -0.15) is 0 Å². The first kappa shape index (κ1) is 15.0. The van der Waals surface area contributed by atoms with Gasteiger partial charge in [-0.15, -0.1) is 0 Å². The van der Waals surface area contributed by atoms with Crippen LogP contribution in [0.1, 0.15) is 38.5 Å². The minimum absolute atomic E-state index is 0.188. The number of carboxylic acids is 2. The maximum Gasteiger partial charge on any atom is 0.303 e. The van der Waals surface area contributed by atoms with Gasteiger partial charge in [-0.05, 0) is 37.1 Å². The number of fused-ring (bicyclic) bond motifs is 2. The molecule has 0 atom stereocenters. The second-order valence-electron chi connectivity index (χ2n) is 4.28. The van der Waals surface area contributed by atoms with E-state index in [9.17, 15) is 9.59 Å². The van der Waals surface area contributed by atoms with Crippen LogP contribution < -0.4 is 0 Å². The van der Waals surface area contributed by atoms with Gasteiger partial charge in [0.15, 0.2) is 0 Å². The second-order valence-corrected chi connectivity index (χ2v) is 4.28. The third-order valence-corrected chi connectivity index (χ3v) is 2.59. The largest absolute Gasteiger partial charge is 0.481 e. The van der Waals surface area contributed by atoms with E-state index < -0.39 is 11.9 Å². The van der Waals surface area contributed by atoms with Crippen LogP contribution in [-0.4, -0.2) is 22.2 Å². The van der Waals surface area contributed by atoms with Crippen LogP contribution in [0, 0.1) is 0 Å². The summed E-state index contributed by atoms with van der Waals surface area (Å²) in [4.78, 5) is 20.1. The summed E-state index contributed by atoms with van der Waals surface area (Å²) in [6, 6.07) is 7.81. The lowest BCUT2D eigenvalue weighted by Crippen LogP contribution is -1.95. The average molecular weight is 266 g/mol. The molecule has 19 heavy (non-hydrogen) atoms. The van der Waals surface area contributed by atoms with E-state index in [1.165, 1.54) is 0 Å². The predicted molar refractivity (Wildman–Crippen MR) is 70.4 cm³/mol. The van der Waals surface area contributed by atoms with Crippen molar-refractivity contribution in [3.05, 3.63) is 24.3 Å². The van der Waals surface area contributed by atoms with Crippen molar-refractivity contribution < 1.29 is 24.2 Å². The Balaban J connectivity index is 0.000000213. The third kappa shape index (κ3) is 7.08. The quantitative estimate of drug-likeness (QED) is 0.750. The zero-order valence-corrected chi connectivity index (χ0v) is 10.7. The molecule has 0 aliphatic carbocycles. The number of rotatable bonds is 7. The fourth-order valence-corrected chi connectivity index (χ4v) is 1.62. The maximum absolute atomic E-state index is 10.0. The molecule has 0 aromatic carbocycles. The van der Waals surface area contributed by atoms with Crippen molar-refractivity contribution in [2.24, 2.45) is 0 Å². The van der Waals surface area contributed by atoms with Crippen LogP contribution in [0.3, 0.4) is 0 Å². The molecule has 2 bridgehead atoms. The zero-order valence-electron chi connectivity index (χ0n) is 10.7. The van der Waals surface area contributed by atoms with Crippen LogP contribution in [0.25, 0.3) is 11.2 Å². The summed E-state index contributed by atoms with van der Waals surface area (Å²) < 4.78 is 5.08. The van der Waals surface area contributed by atoms with Gasteiger partial charge in [-0.3, -0.25) is 9.59 Å². The first-order chi connectivity index (χ1) is 9.08. The molecule has 0 saturated carbocycles. The Morgan fingerprint density at radius 2 is 1.16 bits per heavy atom. The molecule has 0 aliphatic rings. The lowest BCUT2D eigenvalue weighted by molar-refractivity contribution is -0.138. The number of hydrogen-bond donors (Lipinski definition) is 2. The Morgan fingerprint density at radius 1 is 0.789 bits per heavy atom. The normalized spacial score (nSPS) is 10.1. The highest BCUT2D eigenvalue weighted by Crippen LogP contribution is 2.13. The van der Waals surface area contributed by atoms with E-state index in [-0.39, 0.29) is 12.8 Å². The van der Waals surface area contributed by atoms with Gasteiger partial charge >= 0.3 is 11.9 Å². The molecule has 0 spiro atoms. The number of benzene rings is 1. The van der Waals surface area contributed by atoms with Gasteiger partial charge in [0.05, 0.1) is 0 Å². The molecule has 0 unspecified atom stereocenters. The molecule has 104 valence electrons. The summed E-state index contributed by atoms with van der Waals surface area (Å²) in [7, 11) is 0. The Labute approximate surface area is 111 Å². The molecule has 0 saturated heterocycles. The van der Waals surface area contributed by atoms with Gasteiger partial charge in [0.1, 0.15) is 11.2 Å². The van der Waals surface area contributed by atoms with Crippen LogP contribution in [0.4, 0.5) is 0 Å². The van der Waals surface area contributed by atoms with Crippen LogP contribution >= 0.6 is 0 Å². The van der Waals surface area contributed by atoms with Gasteiger partial charge in [-0.1, -0.05) is 12.8 Å². The summed E-state index contributed by atoms with van der Waals surface area (Å²) in [6.45, 7) is 0. The van der Waals surface area contributed by atoms with Crippen molar-refractivity contribution in [2.45, 2.75) is 38.5 Å². The van der Waals surface area contributed by atoms with Crippen LogP contribution in [0.15, 0.2) is 28.7 Å². The molecule has 5 nitrogen and oxygen atoms in total. The minimum atomic E-state index is -0.784. The van der Waals surface area contributed by atoms with E-state index in [0.29, 0.717) is 12.8 Å². The van der Waals surface area contributed by atoms with E-state index in [1.54, 1.807) is 0 Å². The van der Waals surface area contributed by atoms with Crippen molar-refractivity contribution in [1.29, 1.82) is 0 Å². The standard InChI is InChI=1S/C8H14O4.C6H4O/c9-7(10)5-3-1-2-4-6-8(11)12;1-2-6-4-3-5(1)7-6/h1-6H2,(H,9,10)(H,11,12);1-4H. The van der Waals surface area contributed by atoms with E-state index in [4.69, 9.17) is 14.6 Å². The number of furan rings is 2. The zero-order chi connectivity index (χ0) is 14.1. The van der Waals surface area contributed by atoms with E-state index in [2.05, 4.69) is 0 Å². The Kier molecular flexibility index (Phi) is 6.43. The van der Waals surface area contributed by atoms with Crippen molar-refractivity contribution in [3.63, 3.8) is 0 Å². The molecule has 0 fully saturated rings. The fourth-order valence-electron chi connectivity index (χ4n) is 1.62. The molecular formula is C14H18O5. The number of aliphatic carboxylic acids is 2. The molecule has 2 aromatic rings. The average Bonchev–Trinajstić information content (AvgIpc) is 2.98. The second kappa shape index (κ2) is 8.13. The number of carboxylic acid groups (broad SMARTS) is 2. The first-order valence-electron chi connectivity index (χ1n) is 6.29. The highest BCUT2D eigenvalue weighted by atomic mass is 16.4. The molecular weight excluding hydrogens is 248 g/mol. The third-order valence-electron chi connectivity index (χ3n) is 2.59. The number of hydrogen-bond acceptors (Lipinski definition) is 3. The van der Waals surface area contributed by atoms with Crippen molar-refractivity contribution in [1.82, 2.24) is 0 Å². The highest BCUT2D eigenvalue weighted by Gasteiger charge is 1.98. The van der Waals surface area contributed by atoms with Crippen LogP contribution in [0.2, 0.25) is 0 Å². The van der Waals surface area contributed by atoms with Crippen molar-refractivity contribution in [3.8, 4) is 0 Å². The molecule has 2 aromatic heterocycles. The lowest BCUT2D eigenvalue weighted by Gasteiger charge is -1.96. The fraction of sp³-hybridized carbons (Fsp3) is 0.429. The van der Waals surface area contributed by atoms with E-state index in [1.807, 2.05) is 24.3 Å². The Morgan fingerprint density at radius 3 is 1.37 bits per heavy atom. The molecule has 0 aliphatic heterocycles. The minimum Gasteiger partial charge on any atom is -0.481 e. The van der Waals surface area contributed by atoms with Crippen molar-refractivity contribution in [2.75, 3.05) is 0 Å². The van der Waals surface area contributed by atoms with E-state index >= 15 is 0 Å². The summed E-state index contributed by atoms with van der Waals surface area (Å²) in [5, 5.41) is 16.5. The van der Waals surface area contributed by atoms with Crippen LogP contribution in [-0.2, 0) is 9.59 Å². The molecule has 0 amide bonds. The number of unbranched alkanes of at least 4 members (excludes halogenated alkanes) is 3. The van der Waals surface area contributed by atoms with E-state index in [0.717, 1.165) is 24.0 Å². The maximum atomic E-state index is 10.0.